The molecule has 0 aromatic carbocycles. The summed E-state index contributed by atoms with van der Waals surface area (Å²) < 4.78 is 0. The molecule has 0 amide bonds. The molecule has 0 radical (unpaired) electrons. The van der Waals surface area contributed by atoms with Crippen LogP contribution < -0.4 is 5.32 Å². The van der Waals surface area contributed by atoms with Crippen LogP contribution in [0.15, 0.2) is 0 Å². The second kappa shape index (κ2) is 4.75. The van der Waals surface area contributed by atoms with E-state index in [9.17, 15) is 0 Å². The molecule has 84 valence electrons. The van der Waals surface area contributed by atoms with Crippen LogP contribution in [-0.4, -0.2) is 21.2 Å². The molecule has 15 heavy (non-hydrogen) atoms. The molecule has 1 unspecified atom stereocenters. The summed E-state index contributed by atoms with van der Waals surface area (Å²) in [5.74, 6) is 2.72. The molecule has 1 fully saturated rings. The smallest absolute Gasteiger partial charge is 0.164 e. The molecular weight excluding hydrogens is 188 g/mol. The van der Waals surface area contributed by atoms with E-state index in [0.29, 0.717) is 6.04 Å². The first-order chi connectivity index (χ1) is 7.24. The summed E-state index contributed by atoms with van der Waals surface area (Å²) in [7, 11) is 0. The van der Waals surface area contributed by atoms with E-state index in [1.54, 1.807) is 0 Å². The molecule has 0 saturated heterocycles. The first kappa shape index (κ1) is 10.6. The lowest BCUT2D eigenvalue weighted by Gasteiger charge is -2.28. The number of rotatable bonds is 5. The lowest BCUT2D eigenvalue weighted by Crippen LogP contribution is -2.30. The highest BCUT2D eigenvalue weighted by Gasteiger charge is 2.19. The average Bonchev–Trinajstić information content (AvgIpc) is 2.55. The van der Waals surface area contributed by atoms with Crippen LogP contribution in [-0.2, 0) is 6.54 Å². The quantitative estimate of drug-likeness (QED) is 0.775. The van der Waals surface area contributed by atoms with E-state index in [1.807, 2.05) is 6.92 Å². The molecular formula is C11H20N4. The van der Waals surface area contributed by atoms with Crippen molar-refractivity contribution in [2.24, 2.45) is 5.92 Å². The molecule has 0 spiro atoms. The minimum absolute atomic E-state index is 0.578. The summed E-state index contributed by atoms with van der Waals surface area (Å²) in [5.41, 5.74) is 0. The molecule has 1 aromatic rings. The van der Waals surface area contributed by atoms with Gasteiger partial charge in [0, 0.05) is 6.04 Å². The van der Waals surface area contributed by atoms with Crippen molar-refractivity contribution in [3.05, 3.63) is 11.6 Å². The van der Waals surface area contributed by atoms with Gasteiger partial charge in [0.15, 0.2) is 5.82 Å². The second-order valence-electron chi connectivity index (χ2n) is 4.65. The van der Waals surface area contributed by atoms with Crippen molar-refractivity contribution < 1.29 is 0 Å². The highest BCUT2D eigenvalue weighted by molar-refractivity contribution is 4.87. The van der Waals surface area contributed by atoms with Crippen molar-refractivity contribution >= 4 is 0 Å². The maximum Gasteiger partial charge on any atom is 0.164 e. The Kier molecular flexibility index (Phi) is 3.36. The topological polar surface area (TPSA) is 53.6 Å². The zero-order valence-electron chi connectivity index (χ0n) is 9.58. The van der Waals surface area contributed by atoms with Crippen LogP contribution in [0.2, 0.25) is 0 Å². The molecule has 0 bridgehead atoms. The van der Waals surface area contributed by atoms with Gasteiger partial charge in [-0.15, -0.1) is 0 Å². The summed E-state index contributed by atoms with van der Waals surface area (Å²) in [4.78, 5) is 4.27. The lowest BCUT2D eigenvalue weighted by atomic mass is 9.81. The van der Waals surface area contributed by atoms with Gasteiger partial charge in [-0.05, 0) is 26.2 Å². The molecule has 1 aliphatic rings. The van der Waals surface area contributed by atoms with Crippen molar-refractivity contribution in [3.63, 3.8) is 0 Å². The largest absolute Gasteiger partial charge is 0.307 e. The average molecular weight is 208 g/mol. The van der Waals surface area contributed by atoms with Crippen LogP contribution in [0.1, 0.15) is 44.3 Å². The maximum atomic E-state index is 4.27. The van der Waals surface area contributed by atoms with E-state index < -0.39 is 0 Å². The van der Waals surface area contributed by atoms with Gasteiger partial charge >= 0.3 is 0 Å². The Morgan fingerprint density at radius 1 is 1.53 bits per heavy atom. The lowest BCUT2D eigenvalue weighted by molar-refractivity contribution is 0.265. The minimum atomic E-state index is 0.578. The summed E-state index contributed by atoms with van der Waals surface area (Å²) in [6.45, 7) is 4.95. The molecule has 4 heteroatoms. The highest BCUT2D eigenvalue weighted by atomic mass is 15.2. The maximum absolute atomic E-state index is 4.27. The first-order valence-electron chi connectivity index (χ1n) is 5.85. The normalized spacial score (nSPS) is 18.8. The van der Waals surface area contributed by atoms with Gasteiger partial charge in [-0.25, -0.2) is 4.98 Å². The van der Waals surface area contributed by atoms with Crippen molar-refractivity contribution in [2.45, 2.75) is 52.1 Å². The Balaban J connectivity index is 1.68. The van der Waals surface area contributed by atoms with Crippen LogP contribution in [0.5, 0.6) is 0 Å². The zero-order valence-corrected chi connectivity index (χ0v) is 9.58. The third-order valence-corrected chi connectivity index (χ3v) is 3.16. The molecule has 1 aromatic heterocycles. The van der Waals surface area contributed by atoms with Gasteiger partial charge in [-0.2, -0.15) is 5.10 Å². The molecule has 2 rings (SSSR count). The first-order valence-corrected chi connectivity index (χ1v) is 5.85. The molecule has 2 N–H and O–H groups in total. The number of H-pyrrole nitrogens is 1. The van der Waals surface area contributed by atoms with E-state index in [2.05, 4.69) is 27.4 Å². The Labute approximate surface area is 90.9 Å². The van der Waals surface area contributed by atoms with Gasteiger partial charge < -0.3 is 5.32 Å². The van der Waals surface area contributed by atoms with Crippen molar-refractivity contribution in [3.8, 4) is 0 Å². The summed E-state index contributed by atoms with van der Waals surface area (Å²) >= 11 is 0. The number of aromatic nitrogens is 3. The fourth-order valence-electron chi connectivity index (χ4n) is 2.05. The number of nitrogens with one attached hydrogen (secondary N) is 2. The SMILES string of the molecule is Cc1nc(CNC(C)CC2CCC2)n[nH]1. The molecule has 0 aliphatic heterocycles. The number of aromatic amines is 1. The highest BCUT2D eigenvalue weighted by Crippen LogP contribution is 2.30. The molecule has 1 atom stereocenters. The standard InChI is InChI=1S/C11H20N4/c1-8(6-10-4-3-5-10)12-7-11-13-9(2)14-15-11/h8,10,12H,3-7H2,1-2H3,(H,13,14,15). The summed E-state index contributed by atoms with van der Waals surface area (Å²) in [6.07, 6.45) is 5.57. The van der Waals surface area contributed by atoms with E-state index in [0.717, 1.165) is 24.1 Å². The zero-order chi connectivity index (χ0) is 10.7. The van der Waals surface area contributed by atoms with Crippen LogP contribution >= 0.6 is 0 Å². The van der Waals surface area contributed by atoms with Gasteiger partial charge in [0.2, 0.25) is 0 Å². The van der Waals surface area contributed by atoms with Crippen molar-refractivity contribution in [2.75, 3.05) is 0 Å². The Hall–Kier alpha value is -0.900. The van der Waals surface area contributed by atoms with Gasteiger partial charge in [0.1, 0.15) is 5.82 Å². The van der Waals surface area contributed by atoms with Gasteiger partial charge in [-0.1, -0.05) is 19.3 Å². The predicted molar refractivity (Wildman–Crippen MR) is 59.4 cm³/mol. The van der Waals surface area contributed by atoms with Gasteiger partial charge in [0.05, 0.1) is 6.54 Å². The van der Waals surface area contributed by atoms with Crippen LogP contribution in [0.4, 0.5) is 0 Å². The van der Waals surface area contributed by atoms with E-state index in [-0.39, 0.29) is 0 Å². The third kappa shape index (κ3) is 3.02. The van der Waals surface area contributed by atoms with Gasteiger partial charge in [0.25, 0.3) is 0 Å². The van der Waals surface area contributed by atoms with Gasteiger partial charge in [-0.3, -0.25) is 5.10 Å². The van der Waals surface area contributed by atoms with Crippen LogP contribution in [0.3, 0.4) is 0 Å². The fraction of sp³-hybridized carbons (Fsp3) is 0.818. The second-order valence-corrected chi connectivity index (χ2v) is 4.65. The van der Waals surface area contributed by atoms with Crippen molar-refractivity contribution in [1.82, 2.24) is 20.5 Å². The third-order valence-electron chi connectivity index (χ3n) is 3.16. The summed E-state index contributed by atoms with van der Waals surface area (Å²) in [6, 6.07) is 0.578. The van der Waals surface area contributed by atoms with Crippen LogP contribution in [0.25, 0.3) is 0 Å². The van der Waals surface area contributed by atoms with E-state index in [4.69, 9.17) is 0 Å². The Morgan fingerprint density at radius 3 is 2.87 bits per heavy atom. The number of aryl methyl sites for hydroxylation is 1. The number of hydrogen-bond donors (Lipinski definition) is 2. The number of nitrogens with zero attached hydrogens (tertiary/aromatic N) is 2. The van der Waals surface area contributed by atoms with Crippen LogP contribution in [0, 0.1) is 12.8 Å². The predicted octanol–water partition coefficient (Wildman–Crippen LogP) is 1.78. The molecule has 1 heterocycles. The molecule has 1 aliphatic carbocycles. The monoisotopic (exact) mass is 208 g/mol. The van der Waals surface area contributed by atoms with E-state index in [1.165, 1.54) is 25.7 Å². The summed E-state index contributed by atoms with van der Waals surface area (Å²) in [5, 5.41) is 10.4. The Bertz CT molecular complexity index is 303. The fourth-order valence-corrected chi connectivity index (χ4v) is 2.05. The molecule has 4 nitrogen and oxygen atoms in total. The van der Waals surface area contributed by atoms with E-state index >= 15 is 0 Å². The van der Waals surface area contributed by atoms with Crippen molar-refractivity contribution in [1.29, 1.82) is 0 Å². The number of hydrogen-bond acceptors (Lipinski definition) is 3. The Morgan fingerprint density at radius 2 is 2.33 bits per heavy atom. The minimum Gasteiger partial charge on any atom is -0.307 e. The molecule has 1 saturated carbocycles.